The van der Waals surface area contributed by atoms with Gasteiger partial charge in [-0.1, -0.05) is 30.3 Å². The van der Waals surface area contributed by atoms with Crippen molar-refractivity contribution in [2.75, 3.05) is 20.1 Å². The summed E-state index contributed by atoms with van der Waals surface area (Å²) in [7, 11) is 2.18. The van der Waals surface area contributed by atoms with Crippen molar-refractivity contribution in [2.45, 2.75) is 43.4 Å². The fourth-order valence-electron chi connectivity index (χ4n) is 3.80. The zero-order chi connectivity index (χ0) is 14.4. The van der Waals surface area contributed by atoms with Crippen LogP contribution in [0.15, 0.2) is 30.3 Å². The highest BCUT2D eigenvalue weighted by Crippen LogP contribution is 2.46. The summed E-state index contributed by atoms with van der Waals surface area (Å²) in [5.41, 5.74) is 0.966. The fraction of sp³-hybridized carbons (Fsp3) is 0.588. The van der Waals surface area contributed by atoms with Crippen molar-refractivity contribution in [3.63, 3.8) is 0 Å². The van der Waals surface area contributed by atoms with Crippen LogP contribution in [0.1, 0.15) is 37.4 Å². The minimum atomic E-state index is -0.238. The number of nitrogens with one attached hydrogen (secondary N) is 1. The van der Waals surface area contributed by atoms with E-state index in [0.717, 1.165) is 25.9 Å². The highest BCUT2D eigenvalue weighted by Gasteiger charge is 2.59. The van der Waals surface area contributed by atoms with E-state index >= 15 is 0 Å². The lowest BCUT2D eigenvalue weighted by Crippen LogP contribution is -2.41. The Balaban J connectivity index is 1.60. The lowest BCUT2D eigenvalue weighted by atomic mass is 10.1. The van der Waals surface area contributed by atoms with Gasteiger partial charge < -0.3 is 9.80 Å². The Labute approximate surface area is 126 Å². The largest absolute Gasteiger partial charge is 0.320 e. The Bertz CT molecular complexity index is 540. The standard InChI is InChI=1S/C17H23N3O/c1-19-11-5-8-14(19)12-20-15(13-6-3-2-4-7-13)18-17(9-10-17)16(20)21/h2-4,6-7,14-15,18H,5,8-12H2,1H3. The monoisotopic (exact) mass is 285 g/mol. The molecule has 4 nitrogen and oxygen atoms in total. The van der Waals surface area contributed by atoms with Gasteiger partial charge in [0.1, 0.15) is 11.7 Å². The molecule has 1 spiro atoms. The summed E-state index contributed by atoms with van der Waals surface area (Å²) in [6.07, 6.45) is 4.49. The van der Waals surface area contributed by atoms with Gasteiger partial charge in [0.2, 0.25) is 5.91 Å². The summed E-state index contributed by atoms with van der Waals surface area (Å²) >= 11 is 0. The average Bonchev–Trinajstić information content (AvgIpc) is 3.11. The van der Waals surface area contributed by atoms with Crippen LogP contribution >= 0.6 is 0 Å². The van der Waals surface area contributed by atoms with Crippen molar-refractivity contribution in [2.24, 2.45) is 0 Å². The zero-order valence-electron chi connectivity index (χ0n) is 12.6. The first-order valence-corrected chi connectivity index (χ1v) is 8.04. The molecule has 2 unspecified atom stereocenters. The summed E-state index contributed by atoms with van der Waals surface area (Å²) < 4.78 is 0. The first-order valence-electron chi connectivity index (χ1n) is 8.04. The second-order valence-corrected chi connectivity index (χ2v) is 6.77. The number of carbonyl (C=O) groups is 1. The second-order valence-electron chi connectivity index (χ2n) is 6.77. The number of hydrogen-bond donors (Lipinski definition) is 1. The van der Waals surface area contributed by atoms with Crippen molar-refractivity contribution < 1.29 is 4.79 Å². The van der Waals surface area contributed by atoms with Crippen LogP contribution < -0.4 is 5.32 Å². The van der Waals surface area contributed by atoms with Crippen LogP contribution in [-0.4, -0.2) is 47.4 Å². The zero-order valence-corrected chi connectivity index (χ0v) is 12.6. The molecule has 1 amide bonds. The average molecular weight is 285 g/mol. The molecule has 1 saturated carbocycles. The van der Waals surface area contributed by atoms with Gasteiger partial charge >= 0.3 is 0 Å². The lowest BCUT2D eigenvalue weighted by Gasteiger charge is -2.30. The van der Waals surface area contributed by atoms with E-state index in [1.807, 2.05) is 6.07 Å². The Morgan fingerprint density at radius 2 is 2.05 bits per heavy atom. The third kappa shape index (κ3) is 2.17. The highest BCUT2D eigenvalue weighted by atomic mass is 16.2. The van der Waals surface area contributed by atoms with Gasteiger partial charge in [0.15, 0.2) is 0 Å². The molecule has 3 aliphatic rings. The normalized spacial score (nSPS) is 31.3. The Kier molecular flexibility index (Phi) is 3.05. The molecule has 4 heteroatoms. The van der Waals surface area contributed by atoms with E-state index < -0.39 is 0 Å². The molecule has 2 saturated heterocycles. The fourth-order valence-corrected chi connectivity index (χ4v) is 3.80. The molecule has 3 fully saturated rings. The first-order chi connectivity index (χ1) is 10.2. The third-order valence-electron chi connectivity index (χ3n) is 5.34. The first kappa shape index (κ1) is 13.3. The van der Waals surface area contributed by atoms with Crippen molar-refractivity contribution in [3.05, 3.63) is 35.9 Å². The maximum absolute atomic E-state index is 12.8. The van der Waals surface area contributed by atoms with Crippen LogP contribution in [0.25, 0.3) is 0 Å². The van der Waals surface area contributed by atoms with Gasteiger partial charge in [0.05, 0.1) is 0 Å². The number of hydrogen-bond acceptors (Lipinski definition) is 3. The van der Waals surface area contributed by atoms with E-state index in [1.165, 1.54) is 18.4 Å². The number of carbonyl (C=O) groups excluding carboxylic acids is 1. The number of amides is 1. The van der Waals surface area contributed by atoms with Crippen LogP contribution in [0, 0.1) is 0 Å². The molecule has 0 bridgehead atoms. The minimum absolute atomic E-state index is 0.0511. The molecular weight excluding hydrogens is 262 g/mol. The SMILES string of the molecule is CN1CCCC1CN1C(=O)C2(CC2)NC1c1ccccc1. The molecule has 0 aromatic heterocycles. The van der Waals surface area contributed by atoms with Crippen LogP contribution in [0.5, 0.6) is 0 Å². The summed E-state index contributed by atoms with van der Waals surface area (Å²) in [5, 5.41) is 3.60. The number of likely N-dealkylation sites (N-methyl/N-ethyl adjacent to an activating group) is 1. The van der Waals surface area contributed by atoms with E-state index in [9.17, 15) is 4.79 Å². The molecule has 2 aliphatic heterocycles. The van der Waals surface area contributed by atoms with Crippen molar-refractivity contribution >= 4 is 5.91 Å². The lowest BCUT2D eigenvalue weighted by molar-refractivity contribution is -0.131. The maximum atomic E-state index is 12.8. The molecule has 2 heterocycles. The van der Waals surface area contributed by atoms with E-state index in [-0.39, 0.29) is 11.7 Å². The van der Waals surface area contributed by atoms with Crippen molar-refractivity contribution in [3.8, 4) is 0 Å². The number of nitrogens with zero attached hydrogens (tertiary/aromatic N) is 2. The van der Waals surface area contributed by atoms with Crippen molar-refractivity contribution in [1.29, 1.82) is 0 Å². The molecular formula is C17H23N3O. The van der Waals surface area contributed by atoms with E-state index in [2.05, 4.69) is 46.4 Å². The second kappa shape index (κ2) is 4.82. The van der Waals surface area contributed by atoms with Crippen molar-refractivity contribution in [1.82, 2.24) is 15.1 Å². The van der Waals surface area contributed by atoms with E-state index in [4.69, 9.17) is 0 Å². The van der Waals surface area contributed by atoms with Gasteiger partial charge in [-0.2, -0.15) is 0 Å². The molecule has 4 rings (SSSR count). The number of likely N-dealkylation sites (tertiary alicyclic amines) is 1. The summed E-state index contributed by atoms with van der Waals surface area (Å²) in [4.78, 5) is 17.3. The van der Waals surface area contributed by atoms with Gasteiger partial charge in [-0.25, -0.2) is 0 Å². The van der Waals surface area contributed by atoms with Gasteiger partial charge in [0, 0.05) is 12.6 Å². The van der Waals surface area contributed by atoms with Gasteiger partial charge in [-0.05, 0) is 44.8 Å². The van der Waals surface area contributed by atoms with Crippen LogP contribution in [0.3, 0.4) is 0 Å². The molecule has 1 aliphatic carbocycles. The smallest absolute Gasteiger partial charge is 0.244 e. The Morgan fingerprint density at radius 1 is 1.29 bits per heavy atom. The predicted octanol–water partition coefficient (Wildman–Crippen LogP) is 1.74. The third-order valence-corrected chi connectivity index (χ3v) is 5.34. The topological polar surface area (TPSA) is 35.6 Å². The molecule has 21 heavy (non-hydrogen) atoms. The molecule has 2 atom stereocenters. The minimum Gasteiger partial charge on any atom is -0.320 e. The predicted molar refractivity (Wildman–Crippen MR) is 81.6 cm³/mol. The molecule has 1 aromatic carbocycles. The number of benzene rings is 1. The number of rotatable bonds is 3. The summed E-state index contributed by atoms with van der Waals surface area (Å²) in [6, 6.07) is 10.9. The van der Waals surface area contributed by atoms with E-state index in [0.29, 0.717) is 11.9 Å². The summed E-state index contributed by atoms with van der Waals surface area (Å²) in [6.45, 7) is 2.00. The molecule has 1 aromatic rings. The summed E-state index contributed by atoms with van der Waals surface area (Å²) in [5.74, 6) is 0.316. The Morgan fingerprint density at radius 3 is 2.67 bits per heavy atom. The molecule has 112 valence electrons. The van der Waals surface area contributed by atoms with Gasteiger partial charge in [-0.15, -0.1) is 0 Å². The Hall–Kier alpha value is -1.39. The maximum Gasteiger partial charge on any atom is 0.244 e. The molecule has 0 radical (unpaired) electrons. The van der Waals surface area contributed by atoms with Crippen LogP contribution in [0.4, 0.5) is 0 Å². The van der Waals surface area contributed by atoms with Gasteiger partial charge in [0.25, 0.3) is 0 Å². The van der Waals surface area contributed by atoms with Crippen LogP contribution in [-0.2, 0) is 4.79 Å². The highest BCUT2D eigenvalue weighted by molar-refractivity contribution is 5.92. The van der Waals surface area contributed by atoms with Crippen LogP contribution in [0.2, 0.25) is 0 Å². The van der Waals surface area contributed by atoms with E-state index in [1.54, 1.807) is 0 Å². The quantitative estimate of drug-likeness (QED) is 0.919. The molecule has 1 N–H and O–H groups in total. The van der Waals surface area contributed by atoms with Gasteiger partial charge in [-0.3, -0.25) is 10.1 Å².